The van der Waals surface area contributed by atoms with Gasteiger partial charge < -0.3 is 20.1 Å². The molecular weight excluding hydrogens is 601 g/mol. The summed E-state index contributed by atoms with van der Waals surface area (Å²) >= 11 is 6.50. The molecule has 0 unspecified atom stereocenters. The monoisotopic (exact) mass is 633 g/mol. The number of esters is 1. The molecule has 0 saturated carbocycles. The zero-order chi connectivity index (χ0) is 27.7. The number of hydrogen-bond donors (Lipinski definition) is 3. The Labute approximate surface area is 252 Å². The van der Waals surface area contributed by atoms with Gasteiger partial charge in [-0.3, -0.25) is 19.9 Å². The predicted molar refractivity (Wildman–Crippen MR) is 164 cm³/mol. The number of carbonyl (C=O) groups excluding carboxylic acids is 1. The molecule has 220 valence electrons. The van der Waals surface area contributed by atoms with Crippen LogP contribution < -0.4 is 14.8 Å². The number of halogens is 3. The lowest BCUT2D eigenvalue weighted by Crippen LogP contribution is -2.37. The van der Waals surface area contributed by atoms with E-state index < -0.39 is 21.7 Å². The van der Waals surface area contributed by atoms with Crippen LogP contribution in [-0.4, -0.2) is 69.6 Å². The Morgan fingerprint density at radius 3 is 2.50 bits per heavy atom. The van der Waals surface area contributed by atoms with Gasteiger partial charge >= 0.3 is 5.97 Å². The van der Waals surface area contributed by atoms with Gasteiger partial charge in [0.05, 0.1) is 30.2 Å². The number of nitrogens with two attached hydrogens (primary N) is 1. The second kappa shape index (κ2) is 16.3. The fraction of sp³-hybridized carbons (Fsp3) is 0.346. The van der Waals surface area contributed by atoms with E-state index in [2.05, 4.69) is 0 Å². The maximum Gasteiger partial charge on any atom is 0.323 e. The van der Waals surface area contributed by atoms with Gasteiger partial charge in [0.15, 0.2) is 5.75 Å². The molecule has 1 fully saturated rings. The van der Waals surface area contributed by atoms with Crippen LogP contribution >= 0.6 is 36.4 Å². The summed E-state index contributed by atoms with van der Waals surface area (Å²) < 4.78 is 38.4. The van der Waals surface area contributed by atoms with Crippen LogP contribution in [0.15, 0.2) is 48.5 Å². The van der Waals surface area contributed by atoms with E-state index in [1.807, 2.05) is 4.90 Å². The molecule has 2 aromatic carbocycles. The Balaban J connectivity index is 0.00000400. The molecule has 0 spiro atoms. The Morgan fingerprint density at radius 2 is 1.90 bits per heavy atom. The first-order valence-electron chi connectivity index (χ1n) is 12.1. The summed E-state index contributed by atoms with van der Waals surface area (Å²) in [6.07, 6.45) is 6.08. The summed E-state index contributed by atoms with van der Waals surface area (Å²) in [6.45, 7) is 3.02. The number of carbonyl (C=O) groups is 1. The van der Waals surface area contributed by atoms with Crippen molar-refractivity contribution in [3.8, 4) is 5.75 Å². The highest BCUT2D eigenvalue weighted by Crippen LogP contribution is 2.32. The first-order valence-corrected chi connectivity index (χ1v) is 14.1. The van der Waals surface area contributed by atoms with E-state index in [0.717, 1.165) is 22.7 Å². The average Bonchev–Trinajstić information content (AvgIpc) is 2.88. The number of sulfonamides is 1. The molecule has 40 heavy (non-hydrogen) atoms. The molecule has 4 N–H and O–H groups in total. The summed E-state index contributed by atoms with van der Waals surface area (Å²) in [5.74, 6) is -1.31. The number of nitrogens with zero attached hydrogens (tertiary/aromatic N) is 2. The molecule has 1 saturated heterocycles. The standard InChI is InChI=1S/C26H32ClN5O5S.2ClH/c1-2-36-25(33)17-38(34,35)32(12-4-6-19-5-3-7-20(15-19)26(29)30)21-8-9-24(23(27)16-21)37-22-10-13-31(18-28)14-11-22;;/h3-9,15-16,18,22,28H,2,10-14,17H2,1H3,(H3,29,30);2*1H/b6-4+,28-18?;;. The zero-order valence-corrected chi connectivity index (χ0v) is 25.1. The lowest BCUT2D eigenvalue weighted by atomic mass is 10.1. The second-order valence-corrected chi connectivity index (χ2v) is 10.9. The molecule has 0 aliphatic carbocycles. The van der Waals surface area contributed by atoms with E-state index in [9.17, 15) is 13.2 Å². The van der Waals surface area contributed by atoms with Crippen LogP contribution in [0.3, 0.4) is 0 Å². The van der Waals surface area contributed by atoms with E-state index in [0.29, 0.717) is 24.4 Å². The van der Waals surface area contributed by atoms with Crippen molar-refractivity contribution >= 4 is 76.3 Å². The topological polar surface area (TPSA) is 150 Å². The van der Waals surface area contributed by atoms with Crippen LogP contribution in [0.1, 0.15) is 30.9 Å². The quantitative estimate of drug-likeness (QED) is 0.179. The lowest BCUT2D eigenvalue weighted by Gasteiger charge is -2.31. The molecule has 0 bridgehead atoms. The predicted octanol–water partition coefficient (Wildman–Crippen LogP) is 4.33. The highest BCUT2D eigenvalue weighted by Gasteiger charge is 2.27. The van der Waals surface area contributed by atoms with Gasteiger partial charge in [0.1, 0.15) is 17.7 Å². The van der Waals surface area contributed by atoms with E-state index in [1.54, 1.807) is 55.5 Å². The number of nitrogens with one attached hydrogen (secondary N) is 2. The van der Waals surface area contributed by atoms with Crippen molar-refractivity contribution in [2.75, 3.05) is 36.3 Å². The molecule has 1 aliphatic heterocycles. The molecule has 3 rings (SSSR count). The number of amidine groups is 1. The molecule has 1 heterocycles. The van der Waals surface area contributed by atoms with E-state index in [1.165, 1.54) is 12.4 Å². The number of rotatable bonds is 12. The SMILES string of the molecule is CCOC(=O)CS(=O)(=O)N(C/C=C/c1cccc(C(=N)N)c1)c1ccc(OC2CCN(C=N)CC2)c(Cl)c1.Cl.Cl. The summed E-state index contributed by atoms with van der Waals surface area (Å²) in [6, 6.07) is 11.7. The van der Waals surface area contributed by atoms with Gasteiger partial charge in [0.2, 0.25) is 10.0 Å². The van der Waals surface area contributed by atoms with Crippen molar-refractivity contribution < 1.29 is 22.7 Å². The summed E-state index contributed by atoms with van der Waals surface area (Å²) in [4.78, 5) is 13.9. The van der Waals surface area contributed by atoms with Gasteiger partial charge in [-0.2, -0.15) is 0 Å². The fourth-order valence-corrected chi connectivity index (χ4v) is 5.45. The first-order chi connectivity index (χ1) is 18.1. The van der Waals surface area contributed by atoms with Crippen molar-refractivity contribution in [1.29, 1.82) is 10.8 Å². The van der Waals surface area contributed by atoms with Gasteiger partial charge in [-0.15, -0.1) is 24.8 Å². The minimum atomic E-state index is -4.11. The van der Waals surface area contributed by atoms with Crippen molar-refractivity contribution in [2.45, 2.75) is 25.9 Å². The molecule has 10 nitrogen and oxygen atoms in total. The third kappa shape index (κ3) is 9.88. The third-order valence-electron chi connectivity index (χ3n) is 5.88. The van der Waals surface area contributed by atoms with Crippen molar-refractivity contribution in [3.63, 3.8) is 0 Å². The molecule has 1 aliphatic rings. The minimum absolute atomic E-state index is 0. The van der Waals surface area contributed by atoms with Crippen LogP contribution in [-0.2, 0) is 19.6 Å². The van der Waals surface area contributed by atoms with Crippen LogP contribution in [0.4, 0.5) is 5.69 Å². The number of nitrogen functional groups attached to an aromatic ring is 1. The van der Waals surface area contributed by atoms with Crippen molar-refractivity contribution in [2.24, 2.45) is 5.73 Å². The number of piperidine rings is 1. The number of ether oxygens (including phenoxy) is 2. The Morgan fingerprint density at radius 1 is 1.20 bits per heavy atom. The molecule has 0 atom stereocenters. The Hall–Kier alpha value is -2.99. The summed E-state index contributed by atoms with van der Waals surface area (Å²) in [5.41, 5.74) is 7.11. The molecule has 0 radical (unpaired) electrons. The second-order valence-electron chi connectivity index (χ2n) is 8.63. The van der Waals surface area contributed by atoms with Gasteiger partial charge in [-0.05, 0) is 36.8 Å². The van der Waals surface area contributed by atoms with Crippen LogP contribution in [0.2, 0.25) is 5.02 Å². The van der Waals surface area contributed by atoms with Gasteiger partial charge in [0.25, 0.3) is 0 Å². The average molecular weight is 635 g/mol. The van der Waals surface area contributed by atoms with Crippen molar-refractivity contribution in [3.05, 3.63) is 64.7 Å². The highest BCUT2D eigenvalue weighted by atomic mass is 35.5. The zero-order valence-electron chi connectivity index (χ0n) is 21.9. The number of benzene rings is 2. The normalized spacial score (nSPS) is 13.6. The molecular formula is C26H34Cl3N5O5S. The molecule has 14 heteroatoms. The van der Waals surface area contributed by atoms with Gasteiger partial charge in [-0.1, -0.05) is 42.0 Å². The first kappa shape index (κ1) is 35.0. The van der Waals surface area contributed by atoms with E-state index in [-0.39, 0.29) is 60.6 Å². The minimum Gasteiger partial charge on any atom is -0.489 e. The lowest BCUT2D eigenvalue weighted by molar-refractivity contribution is -0.139. The largest absolute Gasteiger partial charge is 0.489 e. The summed E-state index contributed by atoms with van der Waals surface area (Å²) in [5, 5.41) is 15.2. The Bertz CT molecular complexity index is 1300. The fourth-order valence-electron chi connectivity index (χ4n) is 3.95. The number of hydrogen-bond acceptors (Lipinski definition) is 7. The smallest absolute Gasteiger partial charge is 0.323 e. The van der Waals surface area contributed by atoms with Gasteiger partial charge in [0, 0.05) is 31.5 Å². The maximum absolute atomic E-state index is 13.2. The van der Waals surface area contributed by atoms with Gasteiger partial charge in [-0.25, -0.2) is 8.42 Å². The molecule has 0 amide bonds. The summed E-state index contributed by atoms with van der Waals surface area (Å²) in [7, 11) is -4.11. The third-order valence-corrected chi connectivity index (χ3v) is 7.80. The number of likely N-dealkylation sites (tertiary alicyclic amines) is 1. The van der Waals surface area contributed by atoms with Crippen molar-refractivity contribution in [1.82, 2.24) is 4.90 Å². The van der Waals surface area contributed by atoms with Crippen LogP contribution in [0.5, 0.6) is 5.75 Å². The van der Waals surface area contributed by atoms with E-state index in [4.69, 9.17) is 37.6 Å². The van der Waals surface area contributed by atoms with Crippen LogP contribution in [0, 0.1) is 10.8 Å². The van der Waals surface area contributed by atoms with Crippen LogP contribution in [0.25, 0.3) is 6.08 Å². The highest BCUT2D eigenvalue weighted by molar-refractivity contribution is 7.93. The molecule has 2 aromatic rings. The Kier molecular flexibility index (Phi) is 14.3. The molecule has 0 aromatic heterocycles. The van der Waals surface area contributed by atoms with E-state index >= 15 is 0 Å². The number of anilines is 1. The maximum atomic E-state index is 13.2.